The van der Waals surface area contributed by atoms with Gasteiger partial charge in [-0.3, -0.25) is 4.90 Å². The number of nitrogens with zero attached hydrogens (tertiary/aromatic N) is 4. The highest BCUT2D eigenvalue weighted by Gasteiger charge is 2.26. The normalized spacial score (nSPS) is 17.8. The van der Waals surface area contributed by atoms with Crippen LogP contribution in [0.15, 0.2) is 57.5 Å². The highest BCUT2D eigenvalue weighted by Crippen LogP contribution is 2.29. The predicted molar refractivity (Wildman–Crippen MR) is 110 cm³/mol. The molecule has 0 N–H and O–H groups in total. The van der Waals surface area contributed by atoms with Crippen molar-refractivity contribution in [3.8, 4) is 11.4 Å². The molecule has 1 unspecified atom stereocenters. The van der Waals surface area contributed by atoms with Gasteiger partial charge in [0.25, 0.3) is 0 Å². The summed E-state index contributed by atoms with van der Waals surface area (Å²) in [4.78, 5) is 11.6. The lowest BCUT2D eigenvalue weighted by Gasteiger charge is -2.29. The first-order valence-electron chi connectivity index (χ1n) is 10.3. The van der Waals surface area contributed by atoms with Crippen LogP contribution in [0, 0.1) is 0 Å². The SMILES string of the molecule is CCc1ccc(-c2noc(CN3CCCC(c4nc5ccccc5o4)C3)n2)cc1. The van der Waals surface area contributed by atoms with Crippen LogP contribution in [0.5, 0.6) is 0 Å². The van der Waals surface area contributed by atoms with Crippen molar-refractivity contribution in [2.45, 2.75) is 38.6 Å². The average molecular weight is 388 g/mol. The third kappa shape index (κ3) is 3.80. The van der Waals surface area contributed by atoms with Gasteiger partial charge < -0.3 is 8.94 Å². The maximum absolute atomic E-state index is 6.00. The Morgan fingerprint density at radius 2 is 1.93 bits per heavy atom. The van der Waals surface area contributed by atoms with Crippen molar-refractivity contribution in [3.05, 3.63) is 65.9 Å². The minimum Gasteiger partial charge on any atom is -0.440 e. The van der Waals surface area contributed by atoms with Crippen molar-refractivity contribution in [3.63, 3.8) is 0 Å². The van der Waals surface area contributed by atoms with E-state index in [1.165, 1.54) is 5.56 Å². The van der Waals surface area contributed by atoms with Crippen LogP contribution in [-0.2, 0) is 13.0 Å². The Morgan fingerprint density at radius 3 is 2.76 bits per heavy atom. The van der Waals surface area contributed by atoms with E-state index in [9.17, 15) is 0 Å². The van der Waals surface area contributed by atoms with Crippen LogP contribution < -0.4 is 0 Å². The lowest BCUT2D eigenvalue weighted by molar-refractivity contribution is 0.167. The van der Waals surface area contributed by atoms with Gasteiger partial charge in [-0.25, -0.2) is 4.98 Å². The molecule has 0 spiro atoms. The monoisotopic (exact) mass is 388 g/mol. The number of hydrogen-bond acceptors (Lipinski definition) is 6. The van der Waals surface area contributed by atoms with Crippen molar-refractivity contribution in [1.82, 2.24) is 20.0 Å². The Bertz CT molecular complexity index is 1070. The number of hydrogen-bond donors (Lipinski definition) is 0. The molecule has 6 nitrogen and oxygen atoms in total. The summed E-state index contributed by atoms with van der Waals surface area (Å²) in [6.07, 6.45) is 3.21. The molecule has 0 amide bonds. The summed E-state index contributed by atoms with van der Waals surface area (Å²) in [5, 5.41) is 4.17. The molecule has 1 aliphatic rings. The van der Waals surface area contributed by atoms with Crippen molar-refractivity contribution < 1.29 is 8.94 Å². The Kier molecular flexibility index (Phi) is 4.86. The molecule has 29 heavy (non-hydrogen) atoms. The summed E-state index contributed by atoms with van der Waals surface area (Å²) in [6.45, 7) is 4.69. The minimum absolute atomic E-state index is 0.292. The molecule has 0 bridgehead atoms. The Morgan fingerprint density at radius 1 is 1.07 bits per heavy atom. The lowest BCUT2D eigenvalue weighted by atomic mass is 9.98. The van der Waals surface area contributed by atoms with E-state index in [0.29, 0.717) is 24.2 Å². The molecule has 2 aromatic carbocycles. The largest absolute Gasteiger partial charge is 0.440 e. The van der Waals surface area contributed by atoms with Gasteiger partial charge in [-0.15, -0.1) is 0 Å². The van der Waals surface area contributed by atoms with E-state index in [1.54, 1.807) is 0 Å². The van der Waals surface area contributed by atoms with Crippen LogP contribution >= 0.6 is 0 Å². The topological polar surface area (TPSA) is 68.2 Å². The summed E-state index contributed by atoms with van der Waals surface area (Å²) >= 11 is 0. The van der Waals surface area contributed by atoms with Crippen molar-refractivity contribution in [1.29, 1.82) is 0 Å². The molecular formula is C23H24N4O2. The predicted octanol–water partition coefficient (Wildman–Crippen LogP) is 4.82. The lowest BCUT2D eigenvalue weighted by Crippen LogP contribution is -2.34. The quantitative estimate of drug-likeness (QED) is 0.488. The van der Waals surface area contributed by atoms with Crippen LogP contribution in [0.3, 0.4) is 0 Å². The molecule has 1 atom stereocenters. The maximum Gasteiger partial charge on any atom is 0.241 e. The second-order valence-corrected chi connectivity index (χ2v) is 7.66. The average Bonchev–Trinajstić information content (AvgIpc) is 3.41. The zero-order valence-corrected chi connectivity index (χ0v) is 16.5. The van der Waals surface area contributed by atoms with Crippen molar-refractivity contribution in [2.75, 3.05) is 13.1 Å². The summed E-state index contributed by atoms with van der Waals surface area (Å²) in [6, 6.07) is 16.3. The third-order valence-corrected chi connectivity index (χ3v) is 5.61. The number of likely N-dealkylation sites (tertiary alicyclic amines) is 1. The second kappa shape index (κ2) is 7.79. The third-order valence-electron chi connectivity index (χ3n) is 5.61. The minimum atomic E-state index is 0.292. The summed E-state index contributed by atoms with van der Waals surface area (Å²) in [7, 11) is 0. The fourth-order valence-corrected chi connectivity index (χ4v) is 3.98. The molecule has 0 radical (unpaired) electrons. The van der Waals surface area contributed by atoms with Crippen LogP contribution in [0.4, 0.5) is 0 Å². The molecular weight excluding hydrogens is 364 g/mol. The van der Waals surface area contributed by atoms with Crippen LogP contribution in [-0.4, -0.2) is 33.1 Å². The van der Waals surface area contributed by atoms with E-state index >= 15 is 0 Å². The van der Waals surface area contributed by atoms with Crippen LogP contribution in [0.1, 0.15) is 43.0 Å². The molecule has 3 heterocycles. The van der Waals surface area contributed by atoms with Gasteiger partial charge in [0.15, 0.2) is 11.5 Å². The van der Waals surface area contributed by atoms with Gasteiger partial charge in [-0.1, -0.05) is 48.5 Å². The summed E-state index contributed by atoms with van der Waals surface area (Å²) in [5.41, 5.74) is 4.07. The van der Waals surface area contributed by atoms with Gasteiger partial charge in [0.2, 0.25) is 11.7 Å². The van der Waals surface area contributed by atoms with Gasteiger partial charge in [0, 0.05) is 18.0 Å². The van der Waals surface area contributed by atoms with Crippen molar-refractivity contribution >= 4 is 11.1 Å². The second-order valence-electron chi connectivity index (χ2n) is 7.66. The van der Waals surface area contributed by atoms with Crippen molar-refractivity contribution in [2.24, 2.45) is 0 Å². The molecule has 0 saturated carbocycles. The molecule has 6 heteroatoms. The Labute approximate surface area is 169 Å². The fraction of sp³-hybridized carbons (Fsp3) is 0.348. The molecule has 1 aliphatic heterocycles. The van der Waals surface area contributed by atoms with Crippen LogP contribution in [0.2, 0.25) is 0 Å². The van der Waals surface area contributed by atoms with Gasteiger partial charge >= 0.3 is 0 Å². The number of rotatable bonds is 5. The van der Waals surface area contributed by atoms with E-state index in [-0.39, 0.29) is 0 Å². The summed E-state index contributed by atoms with van der Waals surface area (Å²) < 4.78 is 11.5. The van der Waals surface area contributed by atoms with Crippen LogP contribution in [0.25, 0.3) is 22.5 Å². The molecule has 2 aromatic heterocycles. The first kappa shape index (κ1) is 18.1. The van der Waals surface area contributed by atoms with E-state index in [1.807, 2.05) is 24.3 Å². The standard InChI is InChI=1S/C23H24N4O2/c1-2-16-9-11-17(12-10-16)22-25-21(29-26-22)15-27-13-5-6-18(14-27)23-24-19-7-3-4-8-20(19)28-23/h3-4,7-12,18H,2,5-6,13-15H2,1H3. The highest BCUT2D eigenvalue weighted by molar-refractivity contribution is 5.72. The molecule has 0 aliphatic carbocycles. The fourth-order valence-electron chi connectivity index (χ4n) is 3.98. The van der Waals surface area contributed by atoms with Gasteiger partial charge in [-0.05, 0) is 43.5 Å². The first-order chi connectivity index (χ1) is 14.3. The molecule has 1 saturated heterocycles. The molecule has 5 rings (SSSR count). The Balaban J connectivity index is 1.27. The zero-order chi connectivity index (χ0) is 19.6. The van der Waals surface area contributed by atoms with E-state index in [2.05, 4.69) is 46.2 Å². The number of para-hydroxylation sites is 2. The highest BCUT2D eigenvalue weighted by atomic mass is 16.5. The molecule has 148 valence electrons. The first-order valence-corrected chi connectivity index (χ1v) is 10.3. The molecule has 1 fully saturated rings. The maximum atomic E-state index is 6.00. The van der Waals surface area contributed by atoms with E-state index < -0.39 is 0 Å². The number of piperidine rings is 1. The molecule has 4 aromatic rings. The number of aryl methyl sites for hydroxylation is 1. The zero-order valence-electron chi connectivity index (χ0n) is 16.5. The number of oxazole rings is 1. The van der Waals surface area contributed by atoms with E-state index in [0.717, 1.165) is 54.9 Å². The summed E-state index contributed by atoms with van der Waals surface area (Å²) in [5.74, 6) is 2.42. The van der Waals surface area contributed by atoms with Gasteiger partial charge in [0.05, 0.1) is 6.54 Å². The van der Waals surface area contributed by atoms with E-state index in [4.69, 9.17) is 13.9 Å². The number of aromatic nitrogens is 3. The van der Waals surface area contributed by atoms with Gasteiger partial charge in [0.1, 0.15) is 5.52 Å². The van der Waals surface area contributed by atoms with Gasteiger partial charge in [-0.2, -0.15) is 4.98 Å². The Hall–Kier alpha value is -2.99. The number of benzene rings is 2. The smallest absolute Gasteiger partial charge is 0.241 e. The number of fused-ring (bicyclic) bond motifs is 1.